The highest BCUT2D eigenvalue weighted by Crippen LogP contribution is 2.33. The van der Waals surface area contributed by atoms with Crippen molar-refractivity contribution in [1.29, 1.82) is 0 Å². The van der Waals surface area contributed by atoms with Crippen molar-refractivity contribution in [2.24, 2.45) is 7.05 Å². The van der Waals surface area contributed by atoms with Gasteiger partial charge in [-0.3, -0.25) is 14.2 Å². The molecule has 0 aliphatic carbocycles. The molecule has 1 amide bonds. The minimum absolute atomic E-state index is 0.00533. The van der Waals surface area contributed by atoms with Gasteiger partial charge in [0.15, 0.2) is 11.5 Å². The number of amides is 1. The Bertz CT molecular complexity index is 1960. The number of fused-ring (bicyclic) bond motifs is 1. The summed E-state index contributed by atoms with van der Waals surface area (Å²) in [6.07, 6.45) is 2.35. The quantitative estimate of drug-likeness (QED) is 0.264. The Kier molecular flexibility index (Phi) is 8.81. The molecule has 0 radical (unpaired) electrons. The molecule has 2 N–H and O–H groups in total. The summed E-state index contributed by atoms with van der Waals surface area (Å²) in [5, 5.41) is 7.27. The number of rotatable bonds is 8. The molecule has 4 aromatic rings. The molecule has 0 spiro atoms. The van der Waals surface area contributed by atoms with Crippen LogP contribution in [0, 0.1) is 12.7 Å². The Balaban J connectivity index is 1.47. The number of carbonyl (C=O) groups is 1. The molecule has 1 saturated heterocycles. The molecule has 1 aliphatic heterocycles. The maximum Gasteiger partial charge on any atom is 0.333 e. The SMILES string of the molecule is Cc1cc([C@@H](C)Nc2ccc(Cl)nc2C(=O)NS(C)(=O)=O)c2nc(N3CCC(c4nn(C(F)F)cc4F)CC3)n(C)c(=O)c2c1. The van der Waals surface area contributed by atoms with Gasteiger partial charge in [0.1, 0.15) is 10.8 Å². The van der Waals surface area contributed by atoms with Crippen molar-refractivity contribution in [3.8, 4) is 0 Å². The third kappa shape index (κ3) is 6.76. The molecule has 1 atom stereocenters. The number of sulfonamides is 1. The number of aryl methyl sites for hydroxylation is 1. The van der Waals surface area contributed by atoms with Gasteiger partial charge in [0.05, 0.1) is 35.1 Å². The molecule has 240 valence electrons. The summed E-state index contributed by atoms with van der Waals surface area (Å²) in [6.45, 7) is 1.44. The Morgan fingerprint density at radius 2 is 1.84 bits per heavy atom. The van der Waals surface area contributed by atoms with Crippen LogP contribution in [0.1, 0.15) is 65.6 Å². The summed E-state index contributed by atoms with van der Waals surface area (Å²) < 4.78 is 67.4. The van der Waals surface area contributed by atoms with Gasteiger partial charge in [0.2, 0.25) is 16.0 Å². The van der Waals surface area contributed by atoms with Gasteiger partial charge >= 0.3 is 6.55 Å². The third-order valence-electron chi connectivity index (χ3n) is 7.60. The second-order valence-electron chi connectivity index (χ2n) is 11.0. The lowest BCUT2D eigenvalue weighted by Crippen LogP contribution is -2.38. The first-order chi connectivity index (χ1) is 21.1. The van der Waals surface area contributed by atoms with E-state index in [4.69, 9.17) is 16.6 Å². The molecule has 1 aromatic carbocycles. The molecule has 0 saturated carbocycles. The maximum absolute atomic E-state index is 14.4. The maximum atomic E-state index is 14.4. The summed E-state index contributed by atoms with van der Waals surface area (Å²) >= 11 is 6.00. The fourth-order valence-corrected chi connectivity index (χ4v) is 6.10. The molecule has 1 fully saturated rings. The number of anilines is 2. The molecule has 1 aliphatic rings. The summed E-state index contributed by atoms with van der Waals surface area (Å²) in [5.41, 5.74) is 1.49. The smallest absolute Gasteiger partial charge is 0.333 e. The fraction of sp³-hybridized carbons (Fsp3) is 0.393. The van der Waals surface area contributed by atoms with Crippen molar-refractivity contribution >= 4 is 50.1 Å². The van der Waals surface area contributed by atoms with Crippen LogP contribution in [0.4, 0.5) is 24.8 Å². The zero-order valence-electron chi connectivity index (χ0n) is 24.7. The minimum Gasteiger partial charge on any atom is -0.377 e. The summed E-state index contributed by atoms with van der Waals surface area (Å²) in [5.74, 6) is -1.74. The Hall–Kier alpha value is -4.18. The molecule has 5 rings (SSSR count). The molecule has 45 heavy (non-hydrogen) atoms. The van der Waals surface area contributed by atoms with Gasteiger partial charge in [-0.05, 0) is 50.5 Å². The van der Waals surface area contributed by atoms with Crippen molar-refractivity contribution in [2.45, 2.75) is 45.2 Å². The minimum atomic E-state index is -3.88. The Morgan fingerprint density at radius 3 is 2.47 bits per heavy atom. The zero-order valence-corrected chi connectivity index (χ0v) is 26.3. The monoisotopic (exact) mass is 666 g/mol. The lowest BCUT2D eigenvalue weighted by molar-refractivity contribution is 0.0557. The van der Waals surface area contributed by atoms with Crippen LogP contribution >= 0.6 is 11.6 Å². The summed E-state index contributed by atoms with van der Waals surface area (Å²) in [4.78, 5) is 37.1. The fourth-order valence-electron chi connectivity index (χ4n) is 5.52. The van der Waals surface area contributed by atoms with E-state index in [1.807, 2.05) is 22.6 Å². The highest BCUT2D eigenvalue weighted by Gasteiger charge is 2.29. The number of hydrogen-bond acceptors (Lipinski definition) is 9. The average Bonchev–Trinajstić information content (AvgIpc) is 3.36. The van der Waals surface area contributed by atoms with E-state index in [2.05, 4.69) is 15.4 Å². The first kappa shape index (κ1) is 32.2. The number of halogens is 4. The van der Waals surface area contributed by atoms with Gasteiger partial charge in [0, 0.05) is 31.6 Å². The third-order valence-corrected chi connectivity index (χ3v) is 8.37. The Morgan fingerprint density at radius 1 is 1.16 bits per heavy atom. The van der Waals surface area contributed by atoms with Gasteiger partial charge in [0.25, 0.3) is 11.5 Å². The number of piperidine rings is 1. The van der Waals surface area contributed by atoms with Crippen LogP contribution in [0.3, 0.4) is 0 Å². The zero-order chi connectivity index (χ0) is 32.8. The normalized spacial score (nSPS) is 15.1. The largest absolute Gasteiger partial charge is 0.377 e. The topological polar surface area (TPSA) is 144 Å². The number of nitrogens with zero attached hydrogens (tertiary/aromatic N) is 6. The van der Waals surface area contributed by atoms with Crippen LogP contribution in [0.2, 0.25) is 5.15 Å². The summed E-state index contributed by atoms with van der Waals surface area (Å²) in [7, 11) is -2.27. The van der Waals surface area contributed by atoms with E-state index >= 15 is 0 Å². The van der Waals surface area contributed by atoms with E-state index in [-0.39, 0.29) is 33.7 Å². The molecule has 12 nitrogen and oxygen atoms in total. The van der Waals surface area contributed by atoms with Crippen LogP contribution in [0.5, 0.6) is 0 Å². The predicted octanol–water partition coefficient (Wildman–Crippen LogP) is 4.27. The number of benzene rings is 1. The van der Waals surface area contributed by atoms with E-state index in [0.29, 0.717) is 59.2 Å². The van der Waals surface area contributed by atoms with E-state index in [1.165, 1.54) is 16.7 Å². The molecular formula is C28H30ClF3N8O4S. The van der Waals surface area contributed by atoms with Gasteiger partial charge in [-0.15, -0.1) is 0 Å². The van der Waals surface area contributed by atoms with E-state index in [1.54, 1.807) is 20.0 Å². The number of nitrogens with one attached hydrogen (secondary N) is 2. The second-order valence-corrected chi connectivity index (χ2v) is 13.1. The number of carbonyl (C=O) groups excluding carboxylic acids is 1. The van der Waals surface area contributed by atoms with Crippen molar-refractivity contribution in [3.63, 3.8) is 0 Å². The highest BCUT2D eigenvalue weighted by molar-refractivity contribution is 7.89. The van der Waals surface area contributed by atoms with Crippen LogP contribution in [-0.4, -0.2) is 58.0 Å². The molecule has 4 heterocycles. The van der Waals surface area contributed by atoms with E-state index < -0.39 is 34.3 Å². The van der Waals surface area contributed by atoms with Gasteiger partial charge in [-0.2, -0.15) is 13.9 Å². The number of hydrogen-bond donors (Lipinski definition) is 2. The van der Waals surface area contributed by atoms with Crippen LogP contribution in [0.25, 0.3) is 10.9 Å². The lowest BCUT2D eigenvalue weighted by atomic mass is 9.93. The van der Waals surface area contributed by atoms with Gasteiger partial charge in [-0.25, -0.2) is 32.2 Å². The number of pyridine rings is 1. The molecular weight excluding hydrogens is 637 g/mol. The van der Waals surface area contributed by atoms with Crippen molar-refractivity contribution in [3.05, 3.63) is 74.3 Å². The van der Waals surface area contributed by atoms with Crippen molar-refractivity contribution < 1.29 is 26.4 Å². The van der Waals surface area contributed by atoms with Crippen molar-refractivity contribution in [2.75, 3.05) is 29.6 Å². The average molecular weight is 667 g/mol. The first-order valence-electron chi connectivity index (χ1n) is 13.9. The standard InChI is InChI=1S/C28H30ClF3N8O4S/c1-14-11-17(15(2)33-20-5-6-21(29)34-24(20)25(41)37-45(4,43)44)23-18(12-14)26(42)38(3)28(35-23)39-9-7-16(8-10-39)22-19(30)13-40(36-22)27(31)32/h5-6,11-13,15-16,27,33H,7-10H2,1-4H3,(H,37,41)/t15-/m1/s1. The molecule has 0 bridgehead atoms. The van der Waals surface area contributed by atoms with E-state index in [9.17, 15) is 31.2 Å². The molecule has 17 heteroatoms. The molecule has 3 aromatic heterocycles. The lowest BCUT2D eigenvalue weighted by Gasteiger charge is -2.33. The van der Waals surface area contributed by atoms with Crippen LogP contribution < -0.4 is 20.5 Å². The van der Waals surface area contributed by atoms with E-state index in [0.717, 1.165) is 11.8 Å². The Labute approximate surface area is 261 Å². The first-order valence-corrected chi connectivity index (χ1v) is 16.1. The van der Waals surface area contributed by atoms with Crippen molar-refractivity contribution in [1.82, 2.24) is 29.0 Å². The number of aromatic nitrogens is 5. The van der Waals surface area contributed by atoms with Crippen LogP contribution in [0.15, 0.2) is 35.3 Å². The second kappa shape index (κ2) is 12.3. The highest BCUT2D eigenvalue weighted by atomic mass is 35.5. The van der Waals surface area contributed by atoms with Crippen LogP contribution in [-0.2, 0) is 17.1 Å². The van der Waals surface area contributed by atoms with Gasteiger partial charge < -0.3 is 10.2 Å². The van der Waals surface area contributed by atoms with Gasteiger partial charge in [-0.1, -0.05) is 17.7 Å². The molecule has 0 unspecified atom stereocenters. The predicted molar refractivity (Wildman–Crippen MR) is 163 cm³/mol. The number of alkyl halides is 2. The summed E-state index contributed by atoms with van der Waals surface area (Å²) in [6, 6.07) is 5.97.